The quantitative estimate of drug-likeness (QED) is 0.266. The molecule has 6 atom stereocenters. The lowest BCUT2D eigenvalue weighted by molar-refractivity contribution is -0.140. The van der Waals surface area contributed by atoms with Crippen molar-refractivity contribution in [2.45, 2.75) is 37.5 Å². The second kappa shape index (κ2) is 11.8. The zero-order chi connectivity index (χ0) is 32.2. The van der Waals surface area contributed by atoms with Crippen molar-refractivity contribution >= 4 is 40.9 Å². The van der Waals surface area contributed by atoms with Crippen LogP contribution in [0.3, 0.4) is 0 Å². The van der Waals surface area contributed by atoms with E-state index in [2.05, 4.69) is 0 Å². The molecule has 9 heteroatoms. The van der Waals surface area contributed by atoms with Gasteiger partial charge >= 0.3 is 0 Å². The van der Waals surface area contributed by atoms with Crippen molar-refractivity contribution in [2.24, 2.45) is 23.7 Å². The van der Waals surface area contributed by atoms with Gasteiger partial charge in [0.1, 0.15) is 12.4 Å². The van der Waals surface area contributed by atoms with Crippen molar-refractivity contribution in [3.8, 4) is 5.75 Å². The summed E-state index contributed by atoms with van der Waals surface area (Å²) in [6, 6.07) is 23.5. The molecular weight excluding hydrogens is 604 g/mol. The SMILES string of the molecule is CCCN1C(=O)C2CC=C3C(CC4C(=O)N(c5cccc(Cl)c5)C(=O)C4(c4ccccc4)C3c3ccccc3OCCO)C2C1=O. The van der Waals surface area contributed by atoms with Gasteiger partial charge in [-0.25, -0.2) is 4.90 Å². The van der Waals surface area contributed by atoms with E-state index < -0.39 is 35.0 Å². The molecule has 0 bridgehead atoms. The number of carbonyl (C=O) groups is 4. The number of likely N-dealkylation sites (tertiary alicyclic amines) is 1. The van der Waals surface area contributed by atoms with Crippen LogP contribution in [0.25, 0.3) is 0 Å². The fraction of sp³-hybridized carbons (Fsp3) is 0.351. The standard InChI is InChI=1S/C37H35ClN2O6/c1-2-17-39-33(42)27-16-15-25-28(31(27)35(39)44)21-29-34(43)40(24-12-8-11-23(38)20-24)36(45)37(29,22-9-4-3-5-10-22)32(25)26-13-6-7-14-30(26)46-19-18-41/h3-15,20,27-29,31-32,41H,2,16-19,21H2,1H3. The van der Waals surface area contributed by atoms with E-state index in [1.807, 2.05) is 61.5 Å². The van der Waals surface area contributed by atoms with Gasteiger partial charge < -0.3 is 9.84 Å². The second-order valence-electron chi connectivity index (χ2n) is 12.5. The Hall–Kier alpha value is -4.27. The normalized spacial score (nSPS) is 28.6. The second-order valence-corrected chi connectivity index (χ2v) is 13.0. The van der Waals surface area contributed by atoms with Crippen LogP contribution in [0, 0.1) is 23.7 Å². The molecule has 236 valence electrons. The van der Waals surface area contributed by atoms with Crippen LogP contribution in [-0.4, -0.2) is 53.4 Å². The van der Waals surface area contributed by atoms with Crippen LogP contribution in [0.15, 0.2) is 90.5 Å². The number of hydrogen-bond donors (Lipinski definition) is 1. The Morgan fingerprint density at radius 1 is 0.913 bits per heavy atom. The predicted octanol–water partition coefficient (Wildman–Crippen LogP) is 5.28. The number of rotatable bonds is 8. The predicted molar refractivity (Wildman–Crippen MR) is 172 cm³/mol. The third-order valence-corrected chi connectivity index (χ3v) is 10.5. The molecule has 4 aliphatic rings. The van der Waals surface area contributed by atoms with Gasteiger partial charge in [-0.3, -0.25) is 24.1 Å². The minimum Gasteiger partial charge on any atom is -0.491 e. The van der Waals surface area contributed by atoms with Gasteiger partial charge in [0, 0.05) is 23.0 Å². The van der Waals surface area contributed by atoms with E-state index in [9.17, 15) is 19.5 Å². The molecule has 7 rings (SSSR count). The molecule has 46 heavy (non-hydrogen) atoms. The average Bonchev–Trinajstić information content (AvgIpc) is 3.45. The van der Waals surface area contributed by atoms with Gasteiger partial charge in [-0.15, -0.1) is 0 Å². The van der Waals surface area contributed by atoms with Gasteiger partial charge in [-0.05, 0) is 55.0 Å². The van der Waals surface area contributed by atoms with E-state index >= 15 is 4.79 Å². The molecule has 2 saturated heterocycles. The van der Waals surface area contributed by atoms with Crippen LogP contribution in [0.1, 0.15) is 43.2 Å². The number of ether oxygens (including phenoxy) is 1. The number of aliphatic hydroxyl groups excluding tert-OH is 1. The highest BCUT2D eigenvalue weighted by atomic mass is 35.5. The fourth-order valence-corrected chi connectivity index (χ4v) is 8.79. The van der Waals surface area contributed by atoms with Gasteiger partial charge in [0.25, 0.3) is 0 Å². The minimum atomic E-state index is -1.39. The van der Waals surface area contributed by atoms with E-state index in [1.165, 1.54) is 9.80 Å². The smallest absolute Gasteiger partial charge is 0.246 e. The lowest BCUT2D eigenvalue weighted by atomic mass is 9.49. The summed E-state index contributed by atoms with van der Waals surface area (Å²) in [7, 11) is 0. The number of halogens is 1. The number of carbonyl (C=O) groups excluding carboxylic acids is 4. The van der Waals surface area contributed by atoms with E-state index in [4.69, 9.17) is 16.3 Å². The summed E-state index contributed by atoms with van der Waals surface area (Å²) in [5.41, 5.74) is 1.24. The summed E-state index contributed by atoms with van der Waals surface area (Å²) in [5.74, 6) is -3.72. The van der Waals surface area contributed by atoms with Crippen LogP contribution in [0.5, 0.6) is 5.75 Å². The molecule has 3 aromatic carbocycles. The Labute approximate surface area is 272 Å². The molecule has 1 saturated carbocycles. The minimum absolute atomic E-state index is 0.0408. The van der Waals surface area contributed by atoms with Gasteiger partial charge in [0.2, 0.25) is 23.6 Å². The maximum absolute atomic E-state index is 15.3. The molecule has 8 nitrogen and oxygen atoms in total. The number of amides is 4. The number of benzene rings is 3. The summed E-state index contributed by atoms with van der Waals surface area (Å²) in [4.78, 5) is 60.2. The van der Waals surface area contributed by atoms with Crippen molar-refractivity contribution in [1.82, 2.24) is 4.90 Å². The largest absolute Gasteiger partial charge is 0.491 e. The first-order valence-electron chi connectivity index (χ1n) is 15.9. The lowest BCUT2D eigenvalue weighted by Gasteiger charge is -2.51. The molecule has 1 N–H and O–H groups in total. The van der Waals surface area contributed by atoms with Gasteiger partial charge in [-0.2, -0.15) is 0 Å². The van der Waals surface area contributed by atoms with E-state index in [-0.39, 0.29) is 43.3 Å². The molecule has 3 aromatic rings. The number of nitrogens with zero attached hydrogens (tertiary/aromatic N) is 2. The Morgan fingerprint density at radius 3 is 2.41 bits per heavy atom. The lowest BCUT2D eigenvalue weighted by Crippen LogP contribution is -2.53. The Balaban J connectivity index is 1.50. The molecule has 0 radical (unpaired) electrons. The summed E-state index contributed by atoms with van der Waals surface area (Å²) in [6.07, 6.45) is 3.30. The molecule has 3 fully saturated rings. The monoisotopic (exact) mass is 638 g/mol. The molecule has 4 amide bonds. The first-order valence-corrected chi connectivity index (χ1v) is 16.3. The first kappa shape index (κ1) is 30.4. The highest BCUT2D eigenvalue weighted by Crippen LogP contribution is 2.65. The number of hydrogen-bond acceptors (Lipinski definition) is 6. The van der Waals surface area contributed by atoms with Gasteiger partial charge in [-0.1, -0.05) is 84.8 Å². The van der Waals surface area contributed by atoms with Crippen LogP contribution < -0.4 is 9.64 Å². The molecule has 2 aliphatic carbocycles. The number of anilines is 1. The molecule has 2 heterocycles. The summed E-state index contributed by atoms with van der Waals surface area (Å²) >= 11 is 6.38. The first-order chi connectivity index (χ1) is 22.3. The fourth-order valence-electron chi connectivity index (χ4n) is 8.60. The van der Waals surface area contributed by atoms with E-state index in [0.717, 1.165) is 5.57 Å². The molecule has 0 aromatic heterocycles. The molecule has 2 aliphatic heterocycles. The Bertz CT molecular complexity index is 1760. The van der Waals surface area contributed by atoms with Crippen molar-refractivity contribution in [3.63, 3.8) is 0 Å². The van der Waals surface area contributed by atoms with Crippen LogP contribution in [0.4, 0.5) is 5.69 Å². The van der Waals surface area contributed by atoms with E-state index in [1.54, 1.807) is 30.3 Å². The summed E-state index contributed by atoms with van der Waals surface area (Å²) in [6.45, 7) is 2.13. The Kier molecular flexibility index (Phi) is 7.81. The molecule has 6 unspecified atom stereocenters. The van der Waals surface area contributed by atoms with Crippen molar-refractivity contribution < 1.29 is 29.0 Å². The van der Waals surface area contributed by atoms with Crippen LogP contribution in [0.2, 0.25) is 5.02 Å². The maximum Gasteiger partial charge on any atom is 0.246 e. The number of allylic oxidation sites excluding steroid dienone is 2. The third-order valence-electron chi connectivity index (χ3n) is 10.3. The maximum atomic E-state index is 15.3. The average molecular weight is 639 g/mol. The molecular formula is C37H35ClN2O6. The highest BCUT2D eigenvalue weighted by molar-refractivity contribution is 6.32. The topological polar surface area (TPSA) is 104 Å². The number of imide groups is 2. The molecule has 0 spiro atoms. The number of para-hydroxylation sites is 1. The third kappa shape index (κ3) is 4.37. The highest BCUT2D eigenvalue weighted by Gasteiger charge is 2.70. The number of aliphatic hydroxyl groups is 1. The van der Waals surface area contributed by atoms with E-state index in [0.29, 0.717) is 47.0 Å². The van der Waals surface area contributed by atoms with Crippen molar-refractivity contribution in [1.29, 1.82) is 0 Å². The van der Waals surface area contributed by atoms with Crippen LogP contribution in [-0.2, 0) is 24.6 Å². The van der Waals surface area contributed by atoms with Crippen LogP contribution >= 0.6 is 11.6 Å². The summed E-state index contributed by atoms with van der Waals surface area (Å²) < 4.78 is 6.08. The zero-order valence-corrected chi connectivity index (χ0v) is 26.2. The Morgan fingerprint density at radius 2 is 1.67 bits per heavy atom. The van der Waals surface area contributed by atoms with Crippen molar-refractivity contribution in [2.75, 3.05) is 24.7 Å². The van der Waals surface area contributed by atoms with Gasteiger partial charge in [0.05, 0.1) is 35.5 Å². The zero-order valence-electron chi connectivity index (χ0n) is 25.5. The number of fused-ring (bicyclic) bond motifs is 4. The van der Waals surface area contributed by atoms with Crippen molar-refractivity contribution in [3.05, 3.63) is 107 Å². The van der Waals surface area contributed by atoms with Gasteiger partial charge in [0.15, 0.2) is 0 Å². The summed E-state index contributed by atoms with van der Waals surface area (Å²) in [5, 5.41) is 10.0.